The summed E-state index contributed by atoms with van der Waals surface area (Å²) < 4.78 is 1.24. The molecule has 1 aromatic heterocycles. The molecule has 0 radical (unpaired) electrons. The predicted octanol–water partition coefficient (Wildman–Crippen LogP) is 3.36. The molecule has 1 aromatic carbocycles. The highest BCUT2D eigenvalue weighted by Gasteiger charge is 2.11. The molecular formula is C12H16N2S2. The smallest absolute Gasteiger partial charge is 0.111 e. The lowest BCUT2D eigenvalue weighted by Gasteiger charge is -2.05. The Balaban J connectivity index is 2.25. The lowest BCUT2D eigenvalue weighted by Crippen LogP contribution is -2.10. The number of nitrogens with two attached hydrogens (primary N) is 1. The molecule has 0 aliphatic heterocycles. The van der Waals surface area contributed by atoms with E-state index in [0.717, 1.165) is 22.7 Å². The van der Waals surface area contributed by atoms with E-state index in [1.54, 1.807) is 11.3 Å². The number of nitrogens with zero attached hydrogens (tertiary/aromatic N) is 1. The molecule has 1 unspecified atom stereocenters. The minimum atomic E-state index is 0.0881. The van der Waals surface area contributed by atoms with Crippen LogP contribution in [-0.2, 0) is 0 Å². The van der Waals surface area contributed by atoms with Gasteiger partial charge in [0.25, 0.3) is 0 Å². The number of fused-ring (bicyclic) bond motifs is 1. The van der Waals surface area contributed by atoms with E-state index in [-0.39, 0.29) is 6.04 Å². The van der Waals surface area contributed by atoms with Crippen molar-refractivity contribution in [2.75, 3.05) is 12.0 Å². The van der Waals surface area contributed by atoms with Gasteiger partial charge in [0.15, 0.2) is 0 Å². The van der Waals surface area contributed by atoms with E-state index >= 15 is 0 Å². The van der Waals surface area contributed by atoms with Gasteiger partial charge < -0.3 is 5.73 Å². The Labute approximate surface area is 104 Å². The second-order valence-corrected chi connectivity index (χ2v) is 5.96. The van der Waals surface area contributed by atoms with Crippen molar-refractivity contribution in [2.24, 2.45) is 5.73 Å². The Bertz CT molecular complexity index is 479. The molecule has 4 heteroatoms. The first-order chi connectivity index (χ1) is 7.70. The zero-order valence-corrected chi connectivity index (χ0v) is 11.2. The Hall–Kier alpha value is -0.580. The second-order valence-electron chi connectivity index (χ2n) is 3.91. The third-order valence-corrected chi connectivity index (χ3v) is 4.32. The highest BCUT2D eigenvalue weighted by Crippen LogP contribution is 2.27. The molecule has 0 bridgehead atoms. The van der Waals surface area contributed by atoms with E-state index in [0.29, 0.717) is 0 Å². The van der Waals surface area contributed by atoms with E-state index in [2.05, 4.69) is 36.4 Å². The van der Waals surface area contributed by atoms with Gasteiger partial charge in [-0.3, -0.25) is 0 Å². The van der Waals surface area contributed by atoms with Gasteiger partial charge in [0, 0.05) is 0 Å². The first-order valence-electron chi connectivity index (χ1n) is 5.32. The fourth-order valence-electron chi connectivity index (χ4n) is 1.58. The average Bonchev–Trinajstić information content (AvgIpc) is 2.68. The van der Waals surface area contributed by atoms with E-state index in [9.17, 15) is 0 Å². The molecule has 2 nitrogen and oxygen atoms in total. The van der Waals surface area contributed by atoms with Crippen LogP contribution in [0.15, 0.2) is 18.2 Å². The number of hydrogen-bond acceptors (Lipinski definition) is 4. The summed E-state index contributed by atoms with van der Waals surface area (Å²) in [5.74, 6) is 1.09. The largest absolute Gasteiger partial charge is 0.322 e. The Morgan fingerprint density at radius 3 is 3.06 bits per heavy atom. The molecule has 0 amide bonds. The van der Waals surface area contributed by atoms with Crippen LogP contribution in [0.3, 0.4) is 0 Å². The summed E-state index contributed by atoms with van der Waals surface area (Å²) in [5.41, 5.74) is 8.45. The number of rotatable bonds is 4. The summed E-state index contributed by atoms with van der Waals surface area (Å²) in [4.78, 5) is 4.61. The van der Waals surface area contributed by atoms with Gasteiger partial charge >= 0.3 is 0 Å². The summed E-state index contributed by atoms with van der Waals surface area (Å²) in [6.45, 7) is 2.09. The monoisotopic (exact) mass is 252 g/mol. The topological polar surface area (TPSA) is 38.9 Å². The van der Waals surface area contributed by atoms with Gasteiger partial charge in [-0.25, -0.2) is 4.98 Å². The molecule has 86 valence electrons. The number of benzene rings is 1. The van der Waals surface area contributed by atoms with E-state index in [1.165, 1.54) is 10.3 Å². The van der Waals surface area contributed by atoms with Crippen molar-refractivity contribution in [3.63, 3.8) is 0 Å². The number of aryl methyl sites for hydroxylation is 1. The number of hydrogen-bond donors (Lipinski definition) is 1. The fourth-order valence-corrected chi connectivity index (χ4v) is 3.06. The lowest BCUT2D eigenvalue weighted by molar-refractivity contribution is 0.701. The minimum Gasteiger partial charge on any atom is -0.322 e. The summed E-state index contributed by atoms with van der Waals surface area (Å²) in [6.07, 6.45) is 3.11. The molecule has 0 aliphatic rings. The molecule has 16 heavy (non-hydrogen) atoms. The van der Waals surface area contributed by atoms with Gasteiger partial charge in [-0.2, -0.15) is 11.8 Å². The highest BCUT2D eigenvalue weighted by atomic mass is 32.2. The van der Waals surface area contributed by atoms with Crippen LogP contribution < -0.4 is 5.73 Å². The lowest BCUT2D eigenvalue weighted by atomic mass is 10.2. The first-order valence-corrected chi connectivity index (χ1v) is 7.53. The number of aromatic nitrogens is 1. The molecule has 0 saturated carbocycles. The summed E-state index contributed by atoms with van der Waals surface area (Å²) in [5, 5.41) is 1.06. The maximum atomic E-state index is 6.12. The Morgan fingerprint density at radius 1 is 1.50 bits per heavy atom. The fraction of sp³-hybridized carbons (Fsp3) is 0.417. The van der Waals surface area contributed by atoms with Crippen molar-refractivity contribution in [1.29, 1.82) is 0 Å². The zero-order valence-electron chi connectivity index (χ0n) is 9.56. The number of thioether (sulfide) groups is 1. The van der Waals surface area contributed by atoms with Crippen LogP contribution in [0.5, 0.6) is 0 Å². The summed E-state index contributed by atoms with van der Waals surface area (Å²) >= 11 is 3.55. The maximum Gasteiger partial charge on any atom is 0.111 e. The van der Waals surface area contributed by atoms with Gasteiger partial charge in [-0.05, 0) is 43.0 Å². The van der Waals surface area contributed by atoms with Crippen molar-refractivity contribution in [3.8, 4) is 0 Å². The van der Waals surface area contributed by atoms with E-state index in [1.807, 2.05) is 11.8 Å². The molecule has 0 spiro atoms. The average molecular weight is 252 g/mol. The third-order valence-electron chi connectivity index (χ3n) is 2.51. The van der Waals surface area contributed by atoms with Crippen molar-refractivity contribution in [1.82, 2.24) is 4.98 Å². The van der Waals surface area contributed by atoms with Crippen LogP contribution in [0.1, 0.15) is 23.0 Å². The van der Waals surface area contributed by atoms with Crippen molar-refractivity contribution in [2.45, 2.75) is 19.4 Å². The predicted molar refractivity (Wildman–Crippen MR) is 74.3 cm³/mol. The molecule has 0 saturated heterocycles. The normalized spacial score (nSPS) is 13.2. The van der Waals surface area contributed by atoms with E-state index < -0.39 is 0 Å². The van der Waals surface area contributed by atoms with Gasteiger partial charge in [0.1, 0.15) is 5.01 Å². The second kappa shape index (κ2) is 5.17. The van der Waals surface area contributed by atoms with Gasteiger partial charge in [0.05, 0.1) is 16.3 Å². The van der Waals surface area contributed by atoms with Crippen molar-refractivity contribution < 1.29 is 0 Å². The van der Waals surface area contributed by atoms with Gasteiger partial charge in [-0.1, -0.05) is 6.07 Å². The molecule has 2 aromatic rings. The van der Waals surface area contributed by atoms with Crippen molar-refractivity contribution in [3.05, 3.63) is 28.8 Å². The molecule has 0 fully saturated rings. The summed E-state index contributed by atoms with van der Waals surface area (Å²) in [7, 11) is 0. The van der Waals surface area contributed by atoms with Crippen molar-refractivity contribution >= 4 is 33.3 Å². The van der Waals surface area contributed by atoms with Crippen LogP contribution in [0.2, 0.25) is 0 Å². The number of thiazole rings is 1. The SMILES string of the molecule is CSCCC(N)c1nc2cc(C)ccc2s1. The third kappa shape index (κ3) is 2.56. The van der Waals surface area contributed by atoms with Gasteiger partial charge in [-0.15, -0.1) is 11.3 Å². The van der Waals surface area contributed by atoms with Gasteiger partial charge in [0.2, 0.25) is 0 Å². The Morgan fingerprint density at radius 2 is 2.31 bits per heavy atom. The minimum absolute atomic E-state index is 0.0881. The highest BCUT2D eigenvalue weighted by molar-refractivity contribution is 7.98. The molecule has 1 heterocycles. The van der Waals surface area contributed by atoms with E-state index in [4.69, 9.17) is 5.73 Å². The summed E-state index contributed by atoms with van der Waals surface area (Å²) in [6, 6.07) is 6.46. The van der Waals surface area contributed by atoms with Crippen LogP contribution in [0.4, 0.5) is 0 Å². The first kappa shape index (κ1) is 11.9. The van der Waals surface area contributed by atoms with Crippen LogP contribution in [-0.4, -0.2) is 17.0 Å². The molecular weight excluding hydrogens is 236 g/mol. The van der Waals surface area contributed by atoms with Crippen LogP contribution in [0, 0.1) is 6.92 Å². The van der Waals surface area contributed by atoms with Crippen LogP contribution >= 0.6 is 23.1 Å². The zero-order chi connectivity index (χ0) is 11.5. The van der Waals surface area contributed by atoms with Crippen LogP contribution in [0.25, 0.3) is 10.2 Å². The molecule has 2 rings (SSSR count). The molecule has 0 aliphatic carbocycles. The molecule has 2 N–H and O–H groups in total. The maximum absolute atomic E-state index is 6.12. The Kier molecular flexibility index (Phi) is 3.84. The quantitative estimate of drug-likeness (QED) is 0.907. The molecule has 1 atom stereocenters. The standard InChI is InChI=1S/C12H16N2S2/c1-8-3-4-11-10(7-8)14-12(16-11)9(13)5-6-15-2/h3-4,7,9H,5-6,13H2,1-2H3.